The summed E-state index contributed by atoms with van der Waals surface area (Å²) >= 11 is 0. The van der Waals surface area contributed by atoms with Crippen molar-refractivity contribution in [2.24, 2.45) is 0 Å². The van der Waals surface area contributed by atoms with E-state index in [-0.39, 0.29) is 0 Å². The largest absolute Gasteiger partial charge is 0.115 e. The molecule has 0 aliphatic rings. The van der Waals surface area contributed by atoms with E-state index in [4.69, 9.17) is 15.7 Å². The number of unbranched alkanes of at least 4 members (excludes halogenated alkanes) is 4. The van der Waals surface area contributed by atoms with Gasteiger partial charge in [0.1, 0.15) is 15.7 Å². The van der Waals surface area contributed by atoms with Crippen LogP contribution in [0.5, 0.6) is 0 Å². The lowest BCUT2D eigenvalue weighted by Gasteiger charge is -2.23. The van der Waals surface area contributed by atoms with Crippen LogP contribution in [-0.4, -0.2) is 15.7 Å². The summed E-state index contributed by atoms with van der Waals surface area (Å²) in [5.41, 5.74) is 9.74. The highest BCUT2D eigenvalue weighted by Gasteiger charge is 2.19. The molecule has 0 fully saturated rings. The van der Waals surface area contributed by atoms with E-state index in [1.807, 2.05) is 0 Å². The first-order valence-corrected chi connectivity index (χ1v) is 15.0. The fourth-order valence-electron chi connectivity index (χ4n) is 5.96. The first-order valence-electron chi connectivity index (χ1n) is 15.0. The van der Waals surface area contributed by atoms with Crippen molar-refractivity contribution >= 4 is 48.2 Å². The van der Waals surface area contributed by atoms with Crippen molar-refractivity contribution in [1.82, 2.24) is 0 Å². The zero-order valence-corrected chi connectivity index (χ0v) is 24.8. The average molecular weight is 498 g/mol. The second kappa shape index (κ2) is 14.5. The molecule has 4 radical (unpaired) electrons. The van der Waals surface area contributed by atoms with E-state index in [0.717, 1.165) is 97.0 Å². The molecule has 3 aromatic carbocycles. The first kappa shape index (κ1) is 30.0. The summed E-state index contributed by atoms with van der Waals surface area (Å²) in [6.07, 6.45) is 11.8. The second-order valence-corrected chi connectivity index (χ2v) is 10.3. The minimum Gasteiger partial charge on any atom is -0.103 e. The van der Waals surface area contributed by atoms with Gasteiger partial charge < -0.3 is 0 Å². The van der Waals surface area contributed by atoms with Gasteiger partial charge >= 0.3 is 0 Å². The third-order valence-corrected chi connectivity index (χ3v) is 8.00. The topological polar surface area (TPSA) is 0 Å². The van der Waals surface area contributed by atoms with Crippen molar-refractivity contribution in [3.63, 3.8) is 0 Å². The van der Waals surface area contributed by atoms with Crippen LogP contribution in [0.15, 0.2) is 12.1 Å². The quantitative estimate of drug-likeness (QED) is 0.119. The summed E-state index contributed by atoms with van der Waals surface area (Å²) in [7, 11) is 14.0. The third kappa shape index (κ3) is 6.18. The van der Waals surface area contributed by atoms with Crippen molar-refractivity contribution in [1.29, 1.82) is 0 Å². The van der Waals surface area contributed by atoms with E-state index in [9.17, 15) is 0 Å². The van der Waals surface area contributed by atoms with E-state index in [1.165, 1.54) is 33.0 Å². The lowest BCUT2D eigenvalue weighted by molar-refractivity contribution is 0.827. The summed E-state index contributed by atoms with van der Waals surface area (Å²) < 4.78 is 0. The Bertz CT molecular complexity index is 1290. The molecule has 0 saturated heterocycles. The molecular weight excluding hydrogens is 454 g/mol. The molecule has 0 unspecified atom stereocenters. The highest BCUT2D eigenvalue weighted by molar-refractivity contribution is 6.47. The first-order chi connectivity index (χ1) is 18.5. The van der Waals surface area contributed by atoms with Crippen LogP contribution in [0.3, 0.4) is 0 Å². The van der Waals surface area contributed by atoms with Crippen molar-refractivity contribution in [2.45, 2.75) is 119 Å². The highest BCUT2D eigenvalue weighted by Crippen LogP contribution is 2.35. The van der Waals surface area contributed by atoms with Crippen LogP contribution in [0, 0.1) is 23.7 Å². The normalized spacial score (nSPS) is 10.9. The predicted octanol–water partition coefficient (Wildman–Crippen LogP) is 7.30. The van der Waals surface area contributed by atoms with Crippen LogP contribution >= 0.6 is 0 Å². The minimum atomic E-state index is 0.621. The summed E-state index contributed by atoms with van der Waals surface area (Å²) in [6, 6.07) is 4.66. The van der Waals surface area contributed by atoms with Crippen LogP contribution in [-0.2, 0) is 38.5 Å². The van der Waals surface area contributed by atoms with Gasteiger partial charge in [0, 0.05) is 25.7 Å². The van der Waals surface area contributed by atoms with E-state index in [0.29, 0.717) is 12.8 Å². The van der Waals surface area contributed by atoms with E-state index in [2.05, 4.69) is 77.4 Å². The summed E-state index contributed by atoms with van der Waals surface area (Å²) in [4.78, 5) is 0. The molecule has 3 aromatic rings. The fraction of sp³-hybridized carbons (Fsp3) is 0.500. The molecule has 194 valence electrons. The predicted molar refractivity (Wildman–Crippen MR) is 172 cm³/mol. The maximum absolute atomic E-state index is 6.99. The monoisotopic (exact) mass is 498 g/mol. The standard InChI is InChI=1S/C36H44B2/c1-7-13-15-17-19-21-29-30(22-20-18-16-14-8-2)36(38)34-24-32-28(12-6)26(10-4)25(9-3)27(11-5)31(32)23-33(34)35(29)37/h23-24H,7-16,21-22H2,1-6H3. The Morgan fingerprint density at radius 2 is 0.842 bits per heavy atom. The van der Waals surface area contributed by atoms with E-state index < -0.39 is 0 Å². The maximum atomic E-state index is 6.99. The summed E-state index contributed by atoms with van der Waals surface area (Å²) in [6.45, 7) is 13.5. The molecule has 0 bridgehead atoms. The Kier molecular flexibility index (Phi) is 11.5. The summed E-state index contributed by atoms with van der Waals surface area (Å²) in [5, 5.41) is 4.80. The molecule has 2 heteroatoms. The van der Waals surface area contributed by atoms with Gasteiger partial charge in [0.2, 0.25) is 0 Å². The van der Waals surface area contributed by atoms with Crippen molar-refractivity contribution in [3.05, 3.63) is 45.5 Å². The van der Waals surface area contributed by atoms with Gasteiger partial charge in [0.05, 0.1) is 0 Å². The molecule has 0 heterocycles. The molecule has 0 aliphatic carbocycles. The van der Waals surface area contributed by atoms with Gasteiger partial charge in [0.25, 0.3) is 0 Å². The molecule has 0 saturated carbocycles. The van der Waals surface area contributed by atoms with Crippen LogP contribution in [0.2, 0.25) is 0 Å². The van der Waals surface area contributed by atoms with E-state index in [1.54, 1.807) is 0 Å². The number of hydrogen-bond acceptors (Lipinski definition) is 0. The molecule has 0 N–H and O–H groups in total. The molecule has 0 nitrogen and oxygen atoms in total. The molecular formula is C36H44B2. The van der Waals surface area contributed by atoms with Gasteiger partial charge in [-0.15, -0.1) is 11.8 Å². The number of fused-ring (bicyclic) bond motifs is 2. The minimum absolute atomic E-state index is 0.621. The van der Waals surface area contributed by atoms with Gasteiger partial charge in [-0.1, -0.05) is 77.2 Å². The summed E-state index contributed by atoms with van der Waals surface area (Å²) in [5.74, 6) is 13.5. The Balaban J connectivity index is 2.35. The average Bonchev–Trinajstić information content (AvgIpc) is 2.93. The van der Waals surface area contributed by atoms with Gasteiger partial charge in [-0.3, -0.25) is 0 Å². The highest BCUT2D eigenvalue weighted by atomic mass is 14.2. The smallest absolute Gasteiger partial charge is 0.103 e. The Morgan fingerprint density at radius 1 is 0.474 bits per heavy atom. The van der Waals surface area contributed by atoms with Gasteiger partial charge in [0.15, 0.2) is 0 Å². The van der Waals surface area contributed by atoms with Crippen molar-refractivity contribution < 1.29 is 0 Å². The lowest BCUT2D eigenvalue weighted by Crippen LogP contribution is -2.25. The van der Waals surface area contributed by atoms with E-state index >= 15 is 0 Å². The molecule has 0 amide bonds. The number of rotatable bonds is 10. The number of aryl methyl sites for hydroxylation is 2. The van der Waals surface area contributed by atoms with Crippen LogP contribution in [0.4, 0.5) is 0 Å². The molecule has 0 aromatic heterocycles. The molecule has 0 spiro atoms. The maximum Gasteiger partial charge on any atom is 0.115 e. The van der Waals surface area contributed by atoms with Gasteiger partial charge in [-0.2, -0.15) is 0 Å². The van der Waals surface area contributed by atoms with Crippen molar-refractivity contribution in [2.75, 3.05) is 0 Å². The lowest BCUT2D eigenvalue weighted by atomic mass is 9.72. The Labute approximate surface area is 235 Å². The Morgan fingerprint density at radius 3 is 1.16 bits per heavy atom. The zero-order valence-electron chi connectivity index (χ0n) is 24.8. The number of benzene rings is 3. The third-order valence-electron chi connectivity index (χ3n) is 8.00. The molecule has 3 rings (SSSR count). The number of hydrogen-bond donors (Lipinski definition) is 0. The molecule has 38 heavy (non-hydrogen) atoms. The SMILES string of the molecule is [B]c1c(CC#CCCCC)c(CC#CCCCC)c([B])c2cc3c(CC)c(CC)c(CC)c(CC)c3cc12. The van der Waals surface area contributed by atoms with Gasteiger partial charge in [-0.25, -0.2) is 0 Å². The van der Waals surface area contributed by atoms with Gasteiger partial charge in [-0.05, 0) is 106 Å². The van der Waals surface area contributed by atoms with Crippen LogP contribution in [0.25, 0.3) is 21.5 Å². The second-order valence-electron chi connectivity index (χ2n) is 10.3. The Hall–Kier alpha value is -2.57. The zero-order chi connectivity index (χ0) is 27.7. The van der Waals surface area contributed by atoms with Crippen LogP contribution in [0.1, 0.15) is 113 Å². The fourth-order valence-corrected chi connectivity index (χ4v) is 5.96. The molecule has 0 atom stereocenters. The molecule has 0 aliphatic heterocycles. The van der Waals surface area contributed by atoms with Crippen molar-refractivity contribution in [3.8, 4) is 23.7 Å². The van der Waals surface area contributed by atoms with Crippen LogP contribution < -0.4 is 10.9 Å².